The zero-order valence-corrected chi connectivity index (χ0v) is 9.17. The van der Waals surface area contributed by atoms with Crippen LogP contribution >= 0.6 is 0 Å². The molecule has 0 saturated carbocycles. The number of hydrogen-bond acceptors (Lipinski definition) is 2. The standard InChI is InChI=1S/C8H12N2.C3H8/c1-3-7-5-8(4-2)10-6-9-7;1-3-2/h5-6H,3-4H2,1-2H3;3H2,1-2H3. The maximum atomic E-state index is 4.09. The van der Waals surface area contributed by atoms with Gasteiger partial charge in [0.05, 0.1) is 0 Å². The molecule has 0 bridgehead atoms. The van der Waals surface area contributed by atoms with E-state index in [1.807, 2.05) is 0 Å². The molecule has 0 fully saturated rings. The summed E-state index contributed by atoms with van der Waals surface area (Å²) in [7, 11) is 0. The van der Waals surface area contributed by atoms with Crippen molar-refractivity contribution in [2.75, 3.05) is 0 Å². The van der Waals surface area contributed by atoms with E-state index >= 15 is 0 Å². The summed E-state index contributed by atoms with van der Waals surface area (Å²) < 4.78 is 0. The van der Waals surface area contributed by atoms with Crippen LogP contribution in [-0.2, 0) is 12.8 Å². The Hall–Kier alpha value is -0.920. The molecule has 1 aromatic heterocycles. The first-order valence-electron chi connectivity index (χ1n) is 5.08. The van der Waals surface area contributed by atoms with Gasteiger partial charge in [0.15, 0.2) is 0 Å². The molecule has 1 rings (SSSR count). The van der Waals surface area contributed by atoms with Crippen LogP contribution < -0.4 is 0 Å². The topological polar surface area (TPSA) is 25.8 Å². The molecular formula is C11H20N2. The molecule has 0 atom stereocenters. The molecule has 1 heterocycles. The van der Waals surface area contributed by atoms with Crippen molar-refractivity contribution in [3.05, 3.63) is 23.8 Å². The number of rotatable bonds is 2. The smallest absolute Gasteiger partial charge is 0.115 e. The van der Waals surface area contributed by atoms with Crippen molar-refractivity contribution in [1.29, 1.82) is 0 Å². The van der Waals surface area contributed by atoms with Crippen LogP contribution in [0.4, 0.5) is 0 Å². The summed E-state index contributed by atoms with van der Waals surface area (Å²) in [5.74, 6) is 0. The highest BCUT2D eigenvalue weighted by molar-refractivity contribution is 5.07. The molecule has 0 aliphatic rings. The molecule has 0 aliphatic carbocycles. The van der Waals surface area contributed by atoms with Crippen LogP contribution in [-0.4, -0.2) is 9.97 Å². The first kappa shape index (κ1) is 12.1. The third-order valence-corrected chi connectivity index (χ3v) is 1.50. The van der Waals surface area contributed by atoms with E-state index in [2.05, 4.69) is 43.7 Å². The molecule has 2 heteroatoms. The van der Waals surface area contributed by atoms with E-state index in [0.29, 0.717) is 0 Å². The van der Waals surface area contributed by atoms with Gasteiger partial charge in [-0.05, 0) is 18.9 Å². The summed E-state index contributed by atoms with van der Waals surface area (Å²) in [5, 5.41) is 0. The summed E-state index contributed by atoms with van der Waals surface area (Å²) in [6, 6.07) is 2.06. The summed E-state index contributed by atoms with van der Waals surface area (Å²) in [6.07, 6.45) is 4.88. The van der Waals surface area contributed by atoms with E-state index in [0.717, 1.165) is 24.2 Å². The van der Waals surface area contributed by atoms with Gasteiger partial charge in [0.2, 0.25) is 0 Å². The maximum Gasteiger partial charge on any atom is 0.115 e. The molecule has 0 spiro atoms. The Morgan fingerprint density at radius 1 is 0.923 bits per heavy atom. The second-order valence-electron chi connectivity index (χ2n) is 2.91. The van der Waals surface area contributed by atoms with E-state index < -0.39 is 0 Å². The van der Waals surface area contributed by atoms with Crippen molar-refractivity contribution in [3.8, 4) is 0 Å². The zero-order chi connectivity index (χ0) is 10.1. The molecule has 13 heavy (non-hydrogen) atoms. The Labute approximate surface area is 81.4 Å². The summed E-state index contributed by atoms with van der Waals surface area (Å²) in [4.78, 5) is 8.19. The van der Waals surface area contributed by atoms with Crippen molar-refractivity contribution >= 4 is 0 Å². The molecular weight excluding hydrogens is 160 g/mol. The van der Waals surface area contributed by atoms with Gasteiger partial charge >= 0.3 is 0 Å². The maximum absolute atomic E-state index is 4.09. The van der Waals surface area contributed by atoms with Gasteiger partial charge in [-0.25, -0.2) is 9.97 Å². The Balaban J connectivity index is 0.000000424. The second-order valence-corrected chi connectivity index (χ2v) is 2.91. The number of aromatic nitrogens is 2. The van der Waals surface area contributed by atoms with Gasteiger partial charge in [0.25, 0.3) is 0 Å². The van der Waals surface area contributed by atoms with E-state index in [1.165, 1.54) is 6.42 Å². The van der Waals surface area contributed by atoms with Crippen molar-refractivity contribution in [2.24, 2.45) is 0 Å². The van der Waals surface area contributed by atoms with Crippen LogP contribution in [0.1, 0.15) is 45.5 Å². The average Bonchev–Trinajstić information content (AvgIpc) is 2.19. The average molecular weight is 180 g/mol. The van der Waals surface area contributed by atoms with E-state index in [1.54, 1.807) is 6.33 Å². The fourth-order valence-corrected chi connectivity index (χ4v) is 0.831. The van der Waals surface area contributed by atoms with E-state index in [-0.39, 0.29) is 0 Å². The highest BCUT2D eigenvalue weighted by Crippen LogP contribution is 1.98. The fourth-order valence-electron chi connectivity index (χ4n) is 0.831. The van der Waals surface area contributed by atoms with Gasteiger partial charge in [0, 0.05) is 11.4 Å². The highest BCUT2D eigenvalue weighted by atomic mass is 14.8. The van der Waals surface area contributed by atoms with Crippen LogP contribution in [0.3, 0.4) is 0 Å². The first-order valence-corrected chi connectivity index (χ1v) is 5.08. The SMILES string of the molecule is CCC.CCc1cc(CC)ncn1. The minimum Gasteiger partial charge on any atom is -0.241 e. The van der Waals surface area contributed by atoms with Gasteiger partial charge in [-0.3, -0.25) is 0 Å². The Morgan fingerprint density at radius 2 is 1.31 bits per heavy atom. The molecule has 0 N–H and O–H groups in total. The Bertz CT molecular complexity index is 202. The van der Waals surface area contributed by atoms with Gasteiger partial charge in [-0.15, -0.1) is 0 Å². The molecule has 0 aliphatic heterocycles. The lowest BCUT2D eigenvalue weighted by Gasteiger charge is -1.96. The number of hydrogen-bond donors (Lipinski definition) is 0. The molecule has 2 nitrogen and oxygen atoms in total. The van der Waals surface area contributed by atoms with Crippen molar-refractivity contribution in [1.82, 2.24) is 9.97 Å². The Kier molecular flexibility index (Phi) is 7.17. The third-order valence-electron chi connectivity index (χ3n) is 1.50. The van der Waals surface area contributed by atoms with Crippen LogP contribution in [0, 0.1) is 0 Å². The zero-order valence-electron chi connectivity index (χ0n) is 9.17. The van der Waals surface area contributed by atoms with Gasteiger partial charge in [0.1, 0.15) is 6.33 Å². The lowest BCUT2D eigenvalue weighted by molar-refractivity contribution is 0.935. The predicted octanol–water partition coefficient (Wildman–Crippen LogP) is 3.02. The Morgan fingerprint density at radius 3 is 1.62 bits per heavy atom. The van der Waals surface area contributed by atoms with Crippen molar-refractivity contribution in [2.45, 2.75) is 47.0 Å². The fraction of sp³-hybridized carbons (Fsp3) is 0.636. The molecule has 74 valence electrons. The van der Waals surface area contributed by atoms with Crippen molar-refractivity contribution in [3.63, 3.8) is 0 Å². The molecule has 1 aromatic rings. The van der Waals surface area contributed by atoms with Crippen LogP contribution in [0.5, 0.6) is 0 Å². The second kappa shape index (κ2) is 7.71. The first-order chi connectivity index (χ1) is 6.28. The quantitative estimate of drug-likeness (QED) is 0.699. The highest BCUT2D eigenvalue weighted by Gasteiger charge is 1.92. The molecule has 0 radical (unpaired) electrons. The van der Waals surface area contributed by atoms with Crippen molar-refractivity contribution < 1.29 is 0 Å². The summed E-state index contributed by atoms with van der Waals surface area (Å²) >= 11 is 0. The monoisotopic (exact) mass is 180 g/mol. The van der Waals surface area contributed by atoms with E-state index in [4.69, 9.17) is 0 Å². The lowest BCUT2D eigenvalue weighted by atomic mass is 10.2. The van der Waals surface area contributed by atoms with Crippen LogP contribution in [0.15, 0.2) is 12.4 Å². The van der Waals surface area contributed by atoms with Gasteiger partial charge in [-0.1, -0.05) is 34.1 Å². The molecule has 0 unspecified atom stereocenters. The number of aryl methyl sites for hydroxylation is 2. The van der Waals surface area contributed by atoms with Crippen LogP contribution in [0.2, 0.25) is 0 Å². The minimum atomic E-state index is 0.996. The number of nitrogens with zero attached hydrogens (tertiary/aromatic N) is 2. The van der Waals surface area contributed by atoms with Crippen LogP contribution in [0.25, 0.3) is 0 Å². The molecule has 0 aromatic carbocycles. The normalized spacial score (nSPS) is 8.92. The summed E-state index contributed by atoms with van der Waals surface area (Å²) in [5.41, 5.74) is 2.26. The van der Waals surface area contributed by atoms with E-state index in [9.17, 15) is 0 Å². The largest absolute Gasteiger partial charge is 0.241 e. The summed E-state index contributed by atoms with van der Waals surface area (Å²) in [6.45, 7) is 8.45. The molecule has 0 saturated heterocycles. The molecule has 0 amide bonds. The van der Waals surface area contributed by atoms with Gasteiger partial charge < -0.3 is 0 Å². The third kappa shape index (κ3) is 5.34. The minimum absolute atomic E-state index is 0.996. The predicted molar refractivity (Wildman–Crippen MR) is 56.8 cm³/mol. The van der Waals surface area contributed by atoms with Gasteiger partial charge in [-0.2, -0.15) is 0 Å². The lowest BCUT2D eigenvalue weighted by Crippen LogP contribution is -1.92.